The molecule has 1 amide bonds. The van der Waals surface area contributed by atoms with Gasteiger partial charge < -0.3 is 19.5 Å². The van der Waals surface area contributed by atoms with Gasteiger partial charge in [0.25, 0.3) is 5.91 Å². The Morgan fingerprint density at radius 1 is 1.25 bits per heavy atom. The fraction of sp³-hybridized carbons (Fsp3) is 0.333. The van der Waals surface area contributed by atoms with Gasteiger partial charge in [-0.1, -0.05) is 23.7 Å². The number of rotatable bonds is 5. The summed E-state index contributed by atoms with van der Waals surface area (Å²) < 4.78 is 52.3. The first-order chi connectivity index (χ1) is 13.3. The first-order valence-corrected chi connectivity index (χ1v) is 8.76. The Bertz CT molecular complexity index is 842. The molecule has 2 heterocycles. The third-order valence-corrected chi connectivity index (χ3v) is 4.15. The fourth-order valence-electron chi connectivity index (χ4n) is 2.57. The summed E-state index contributed by atoms with van der Waals surface area (Å²) in [7, 11) is 0. The second kappa shape index (κ2) is 8.66. The Morgan fingerprint density at radius 3 is 2.64 bits per heavy atom. The molecule has 1 aliphatic heterocycles. The number of nitrogens with one attached hydrogen (secondary N) is 1. The summed E-state index contributed by atoms with van der Waals surface area (Å²) in [6.45, 7) is 1.17. The van der Waals surface area contributed by atoms with Crippen molar-refractivity contribution in [2.45, 2.75) is 25.3 Å². The molecule has 1 aliphatic rings. The topological polar surface area (TPSA) is 69.7 Å². The Kier molecular flexibility index (Phi) is 6.25. The van der Waals surface area contributed by atoms with E-state index in [2.05, 4.69) is 15.0 Å². The highest BCUT2D eigenvalue weighted by Crippen LogP contribution is 2.31. The summed E-state index contributed by atoms with van der Waals surface area (Å²) in [5.41, 5.74) is -0.0744. The van der Waals surface area contributed by atoms with Crippen molar-refractivity contribution in [1.29, 1.82) is 0 Å². The lowest BCUT2D eigenvalue weighted by molar-refractivity contribution is -0.274. The summed E-state index contributed by atoms with van der Waals surface area (Å²) in [5.74, 6) is -1.03. The summed E-state index contributed by atoms with van der Waals surface area (Å²) in [6.07, 6.45) is -2.31. The van der Waals surface area contributed by atoms with E-state index >= 15 is 0 Å². The minimum atomic E-state index is -4.88. The quantitative estimate of drug-likeness (QED) is 0.780. The number of nitrogens with zero attached hydrogens (tertiary/aromatic N) is 1. The number of benzene rings is 1. The minimum absolute atomic E-state index is 0.0612. The predicted octanol–water partition coefficient (Wildman–Crippen LogP) is 4.44. The van der Waals surface area contributed by atoms with E-state index in [-0.39, 0.29) is 28.3 Å². The maximum Gasteiger partial charge on any atom is 0.573 e. The summed E-state index contributed by atoms with van der Waals surface area (Å²) in [4.78, 5) is 16.4. The van der Waals surface area contributed by atoms with Crippen LogP contribution >= 0.6 is 11.6 Å². The zero-order valence-corrected chi connectivity index (χ0v) is 15.2. The molecule has 0 bridgehead atoms. The molecule has 0 saturated carbocycles. The number of amides is 1. The van der Waals surface area contributed by atoms with Crippen molar-refractivity contribution >= 4 is 23.2 Å². The molecule has 150 valence electrons. The Balaban J connectivity index is 1.70. The van der Waals surface area contributed by atoms with Gasteiger partial charge in [0, 0.05) is 19.0 Å². The summed E-state index contributed by atoms with van der Waals surface area (Å²) in [6, 6.07) is 6.55. The van der Waals surface area contributed by atoms with Crippen LogP contribution in [-0.2, 0) is 4.74 Å². The molecule has 1 aromatic heterocycles. The van der Waals surface area contributed by atoms with Crippen molar-refractivity contribution in [3.05, 3.63) is 47.1 Å². The van der Waals surface area contributed by atoms with Gasteiger partial charge in [-0.05, 0) is 18.2 Å². The standard InChI is InChI=1S/C18H16ClF3N2O4/c19-13-9-11(10-23-17(13)27-12-5-7-26-8-6-12)16(25)24-14-3-1-2-4-15(14)28-18(20,21)22/h1-4,9-10,12H,5-8H2,(H,24,25). The molecule has 2 aromatic rings. The molecule has 3 rings (SSSR count). The SMILES string of the molecule is O=C(Nc1ccccc1OC(F)(F)F)c1cnc(OC2CCOCC2)c(Cl)c1. The molecule has 1 aromatic carbocycles. The molecular formula is C18H16ClF3N2O4. The van der Waals surface area contributed by atoms with Crippen molar-refractivity contribution < 1.29 is 32.2 Å². The number of anilines is 1. The summed E-state index contributed by atoms with van der Waals surface area (Å²) >= 11 is 6.14. The average Bonchev–Trinajstić information content (AvgIpc) is 2.64. The molecule has 1 N–H and O–H groups in total. The van der Waals surface area contributed by atoms with Gasteiger partial charge in [0.15, 0.2) is 5.75 Å². The number of para-hydroxylation sites is 2. The van der Waals surface area contributed by atoms with Gasteiger partial charge in [-0.25, -0.2) is 4.98 Å². The lowest BCUT2D eigenvalue weighted by atomic mass is 10.1. The maximum atomic E-state index is 12.5. The molecular weight excluding hydrogens is 401 g/mol. The van der Waals surface area contributed by atoms with Crippen LogP contribution in [0.5, 0.6) is 11.6 Å². The van der Waals surface area contributed by atoms with Crippen LogP contribution in [-0.4, -0.2) is 36.6 Å². The first-order valence-electron chi connectivity index (χ1n) is 8.38. The molecule has 0 atom stereocenters. The van der Waals surface area contributed by atoms with Crippen LogP contribution in [0.25, 0.3) is 0 Å². The number of ether oxygens (including phenoxy) is 3. The molecule has 1 saturated heterocycles. The number of halogens is 4. The summed E-state index contributed by atoms with van der Waals surface area (Å²) in [5, 5.41) is 2.48. The molecule has 0 aliphatic carbocycles. The lowest BCUT2D eigenvalue weighted by Gasteiger charge is -2.23. The smallest absolute Gasteiger partial charge is 0.473 e. The molecule has 0 unspecified atom stereocenters. The van der Waals surface area contributed by atoms with E-state index in [1.165, 1.54) is 30.5 Å². The van der Waals surface area contributed by atoms with Gasteiger partial charge in [-0.3, -0.25) is 4.79 Å². The highest BCUT2D eigenvalue weighted by atomic mass is 35.5. The molecule has 28 heavy (non-hydrogen) atoms. The van der Waals surface area contributed by atoms with Crippen LogP contribution in [0.3, 0.4) is 0 Å². The van der Waals surface area contributed by atoms with Crippen LogP contribution in [0, 0.1) is 0 Å². The van der Waals surface area contributed by atoms with E-state index < -0.39 is 18.0 Å². The highest BCUT2D eigenvalue weighted by Gasteiger charge is 2.32. The van der Waals surface area contributed by atoms with E-state index in [0.717, 1.165) is 6.07 Å². The Morgan fingerprint density at radius 2 is 1.96 bits per heavy atom. The monoisotopic (exact) mass is 416 g/mol. The first kappa shape index (κ1) is 20.2. The van der Waals surface area contributed by atoms with Crippen LogP contribution in [0.2, 0.25) is 5.02 Å². The van der Waals surface area contributed by atoms with Crippen LogP contribution in [0.1, 0.15) is 23.2 Å². The van der Waals surface area contributed by atoms with E-state index in [1.807, 2.05) is 0 Å². The maximum absolute atomic E-state index is 12.5. The van der Waals surface area contributed by atoms with Gasteiger partial charge in [-0.15, -0.1) is 13.2 Å². The van der Waals surface area contributed by atoms with E-state index in [9.17, 15) is 18.0 Å². The van der Waals surface area contributed by atoms with E-state index in [1.54, 1.807) is 0 Å². The third kappa shape index (κ3) is 5.49. The minimum Gasteiger partial charge on any atom is -0.473 e. The highest BCUT2D eigenvalue weighted by molar-refractivity contribution is 6.32. The predicted molar refractivity (Wildman–Crippen MR) is 94.8 cm³/mol. The van der Waals surface area contributed by atoms with Gasteiger partial charge in [-0.2, -0.15) is 0 Å². The van der Waals surface area contributed by atoms with Crippen molar-refractivity contribution in [3.8, 4) is 11.6 Å². The van der Waals surface area contributed by atoms with Crippen LogP contribution in [0.4, 0.5) is 18.9 Å². The number of hydrogen-bond donors (Lipinski definition) is 1. The molecule has 0 radical (unpaired) electrons. The number of aromatic nitrogens is 1. The Hall–Kier alpha value is -2.52. The molecule has 0 spiro atoms. The Labute approximate surface area is 163 Å². The molecule has 10 heteroatoms. The zero-order chi connectivity index (χ0) is 20.1. The van der Waals surface area contributed by atoms with E-state index in [0.29, 0.717) is 26.1 Å². The number of carbonyl (C=O) groups excluding carboxylic acids is 1. The zero-order valence-electron chi connectivity index (χ0n) is 14.5. The largest absolute Gasteiger partial charge is 0.573 e. The van der Waals surface area contributed by atoms with Gasteiger partial charge in [0.2, 0.25) is 5.88 Å². The van der Waals surface area contributed by atoms with E-state index in [4.69, 9.17) is 21.1 Å². The average molecular weight is 417 g/mol. The van der Waals surface area contributed by atoms with Gasteiger partial charge >= 0.3 is 6.36 Å². The second-order valence-corrected chi connectivity index (χ2v) is 6.35. The van der Waals surface area contributed by atoms with Crippen molar-refractivity contribution in [2.75, 3.05) is 18.5 Å². The fourth-order valence-corrected chi connectivity index (χ4v) is 2.78. The van der Waals surface area contributed by atoms with Crippen molar-refractivity contribution in [1.82, 2.24) is 4.98 Å². The number of pyridine rings is 1. The second-order valence-electron chi connectivity index (χ2n) is 5.94. The number of hydrogen-bond acceptors (Lipinski definition) is 5. The number of alkyl halides is 3. The van der Waals surface area contributed by atoms with Crippen molar-refractivity contribution in [3.63, 3.8) is 0 Å². The molecule has 1 fully saturated rings. The van der Waals surface area contributed by atoms with Gasteiger partial charge in [0.1, 0.15) is 11.1 Å². The normalized spacial score (nSPS) is 15.1. The van der Waals surface area contributed by atoms with Crippen LogP contribution in [0.15, 0.2) is 36.5 Å². The van der Waals surface area contributed by atoms with Crippen molar-refractivity contribution in [2.24, 2.45) is 0 Å². The molecule has 6 nitrogen and oxygen atoms in total. The van der Waals surface area contributed by atoms with Crippen LogP contribution < -0.4 is 14.8 Å². The van der Waals surface area contributed by atoms with Gasteiger partial charge in [0.05, 0.1) is 24.5 Å². The third-order valence-electron chi connectivity index (χ3n) is 3.88. The lowest BCUT2D eigenvalue weighted by Crippen LogP contribution is -2.26. The number of carbonyl (C=O) groups is 1.